The fourth-order valence-electron chi connectivity index (χ4n) is 1.72. The van der Waals surface area contributed by atoms with E-state index in [1.54, 1.807) is 11.1 Å². The van der Waals surface area contributed by atoms with Gasteiger partial charge in [-0.25, -0.2) is 4.98 Å². The van der Waals surface area contributed by atoms with Gasteiger partial charge in [0.05, 0.1) is 18.9 Å². The Hall–Kier alpha value is -1.49. The number of aromatic nitrogens is 2. The highest BCUT2D eigenvalue weighted by molar-refractivity contribution is 5.92. The average Bonchev–Trinajstić information content (AvgIpc) is 2.39. The van der Waals surface area contributed by atoms with Crippen molar-refractivity contribution in [2.24, 2.45) is 0 Å². The third kappa shape index (κ3) is 2.36. The Balaban J connectivity index is 2.05. The molecule has 0 spiro atoms. The number of ether oxygens (including phenoxy) is 1. The van der Waals surface area contributed by atoms with Crippen molar-refractivity contribution in [3.8, 4) is 0 Å². The van der Waals surface area contributed by atoms with Crippen molar-refractivity contribution in [2.75, 3.05) is 19.7 Å². The van der Waals surface area contributed by atoms with Gasteiger partial charge in [-0.05, 0) is 6.42 Å². The first kappa shape index (κ1) is 11.0. The number of carbonyl (C=O) groups excluding carboxylic acids is 1. The summed E-state index contributed by atoms with van der Waals surface area (Å²) in [4.78, 5) is 21.7. The molecule has 1 saturated heterocycles. The van der Waals surface area contributed by atoms with Gasteiger partial charge < -0.3 is 9.64 Å². The molecule has 1 aromatic rings. The van der Waals surface area contributed by atoms with E-state index >= 15 is 0 Å². The fourth-order valence-corrected chi connectivity index (χ4v) is 1.72. The minimum absolute atomic E-state index is 0.0603. The van der Waals surface area contributed by atoms with E-state index in [0.717, 1.165) is 6.42 Å². The quantitative estimate of drug-likeness (QED) is 0.738. The Morgan fingerprint density at radius 1 is 1.62 bits per heavy atom. The molecule has 1 fully saturated rings. The first-order chi connectivity index (χ1) is 7.81. The normalized spacial score (nSPS) is 20.8. The molecule has 0 unspecified atom stereocenters. The second-order valence-electron chi connectivity index (χ2n) is 3.74. The number of nitrogens with zero attached hydrogens (tertiary/aromatic N) is 3. The average molecular weight is 221 g/mol. The molecule has 0 bridgehead atoms. The molecule has 2 heterocycles. The van der Waals surface area contributed by atoms with Gasteiger partial charge in [-0.2, -0.15) is 0 Å². The summed E-state index contributed by atoms with van der Waals surface area (Å²) in [5.41, 5.74) is 0.402. The van der Waals surface area contributed by atoms with Crippen molar-refractivity contribution in [1.82, 2.24) is 14.9 Å². The topological polar surface area (TPSA) is 55.3 Å². The van der Waals surface area contributed by atoms with E-state index in [4.69, 9.17) is 4.74 Å². The molecule has 1 aliphatic rings. The standard InChI is InChI=1S/C11H15N3O2/c1-2-9-8-14(5-6-16-9)11(15)10-7-12-3-4-13-10/h3-4,7,9H,2,5-6,8H2,1H3/t9-/m0/s1. The van der Waals surface area contributed by atoms with Crippen molar-refractivity contribution in [3.63, 3.8) is 0 Å². The van der Waals surface area contributed by atoms with Crippen LogP contribution in [0.1, 0.15) is 23.8 Å². The summed E-state index contributed by atoms with van der Waals surface area (Å²) in [7, 11) is 0. The zero-order valence-electron chi connectivity index (χ0n) is 9.30. The zero-order valence-corrected chi connectivity index (χ0v) is 9.30. The predicted octanol–water partition coefficient (Wildman–Crippen LogP) is 0.728. The highest BCUT2D eigenvalue weighted by Crippen LogP contribution is 2.10. The molecule has 0 N–H and O–H groups in total. The van der Waals surface area contributed by atoms with Gasteiger partial charge in [0.2, 0.25) is 0 Å². The third-order valence-electron chi connectivity index (χ3n) is 2.66. The second-order valence-corrected chi connectivity index (χ2v) is 3.74. The van der Waals surface area contributed by atoms with E-state index in [9.17, 15) is 4.79 Å². The molecule has 0 aliphatic carbocycles. The molecule has 0 radical (unpaired) electrons. The van der Waals surface area contributed by atoms with Crippen molar-refractivity contribution < 1.29 is 9.53 Å². The van der Waals surface area contributed by atoms with Crippen LogP contribution in [0.15, 0.2) is 18.6 Å². The number of carbonyl (C=O) groups is 1. The summed E-state index contributed by atoms with van der Waals surface area (Å²) in [6.07, 6.45) is 5.66. The van der Waals surface area contributed by atoms with Crippen molar-refractivity contribution in [1.29, 1.82) is 0 Å². The van der Waals surface area contributed by atoms with Crippen LogP contribution in [0.5, 0.6) is 0 Å². The van der Waals surface area contributed by atoms with E-state index in [1.807, 2.05) is 0 Å². The van der Waals surface area contributed by atoms with Gasteiger partial charge in [-0.3, -0.25) is 9.78 Å². The lowest BCUT2D eigenvalue weighted by atomic mass is 10.2. The minimum Gasteiger partial charge on any atom is -0.375 e. The van der Waals surface area contributed by atoms with Gasteiger partial charge >= 0.3 is 0 Å². The smallest absolute Gasteiger partial charge is 0.274 e. The first-order valence-electron chi connectivity index (χ1n) is 5.48. The molecule has 1 aliphatic heterocycles. The Kier molecular flexibility index (Phi) is 3.46. The number of rotatable bonds is 2. The van der Waals surface area contributed by atoms with Crippen LogP contribution in [-0.4, -0.2) is 46.6 Å². The summed E-state index contributed by atoms with van der Waals surface area (Å²) >= 11 is 0. The maximum atomic E-state index is 12.0. The van der Waals surface area contributed by atoms with Crippen LogP contribution >= 0.6 is 0 Å². The van der Waals surface area contributed by atoms with Crippen LogP contribution in [0.3, 0.4) is 0 Å². The fraction of sp³-hybridized carbons (Fsp3) is 0.545. The Labute approximate surface area is 94.5 Å². The number of hydrogen-bond acceptors (Lipinski definition) is 4. The van der Waals surface area contributed by atoms with Crippen molar-refractivity contribution in [2.45, 2.75) is 19.4 Å². The van der Waals surface area contributed by atoms with Gasteiger partial charge in [-0.1, -0.05) is 6.92 Å². The molecule has 5 heteroatoms. The molecule has 1 atom stereocenters. The van der Waals surface area contributed by atoms with E-state index in [-0.39, 0.29) is 12.0 Å². The van der Waals surface area contributed by atoms with Gasteiger partial charge in [0.25, 0.3) is 5.91 Å². The van der Waals surface area contributed by atoms with E-state index in [2.05, 4.69) is 16.9 Å². The number of morpholine rings is 1. The van der Waals surface area contributed by atoms with E-state index in [0.29, 0.717) is 25.4 Å². The molecule has 2 rings (SSSR count). The Morgan fingerprint density at radius 3 is 3.19 bits per heavy atom. The predicted molar refractivity (Wildman–Crippen MR) is 58.0 cm³/mol. The van der Waals surface area contributed by atoms with Gasteiger partial charge in [0.15, 0.2) is 0 Å². The highest BCUT2D eigenvalue weighted by atomic mass is 16.5. The lowest BCUT2D eigenvalue weighted by molar-refractivity contribution is -0.0228. The van der Waals surface area contributed by atoms with Crippen molar-refractivity contribution in [3.05, 3.63) is 24.3 Å². The maximum absolute atomic E-state index is 12.0. The minimum atomic E-state index is -0.0603. The molecule has 1 aromatic heterocycles. The summed E-state index contributed by atoms with van der Waals surface area (Å²) in [5, 5.41) is 0. The number of hydrogen-bond donors (Lipinski definition) is 0. The lowest BCUT2D eigenvalue weighted by Gasteiger charge is -2.32. The molecular formula is C11H15N3O2. The van der Waals surface area contributed by atoms with E-state index in [1.165, 1.54) is 12.4 Å². The van der Waals surface area contributed by atoms with E-state index < -0.39 is 0 Å². The summed E-state index contributed by atoms with van der Waals surface area (Å²) in [5.74, 6) is -0.0603. The Morgan fingerprint density at radius 2 is 2.50 bits per heavy atom. The van der Waals surface area contributed by atoms with Gasteiger partial charge in [0.1, 0.15) is 5.69 Å². The van der Waals surface area contributed by atoms with Crippen LogP contribution in [-0.2, 0) is 4.74 Å². The lowest BCUT2D eigenvalue weighted by Crippen LogP contribution is -2.45. The molecular weight excluding hydrogens is 206 g/mol. The van der Waals surface area contributed by atoms with Gasteiger partial charge in [0, 0.05) is 25.5 Å². The van der Waals surface area contributed by atoms with Crippen LogP contribution in [0.25, 0.3) is 0 Å². The van der Waals surface area contributed by atoms with Crippen LogP contribution in [0.2, 0.25) is 0 Å². The molecule has 86 valence electrons. The van der Waals surface area contributed by atoms with Crippen LogP contribution in [0, 0.1) is 0 Å². The monoisotopic (exact) mass is 221 g/mol. The molecule has 0 aromatic carbocycles. The SMILES string of the molecule is CC[C@H]1CN(C(=O)c2cnccn2)CCO1. The summed E-state index contributed by atoms with van der Waals surface area (Å²) < 4.78 is 5.51. The maximum Gasteiger partial charge on any atom is 0.274 e. The zero-order chi connectivity index (χ0) is 11.4. The Bertz CT molecular complexity index is 356. The first-order valence-corrected chi connectivity index (χ1v) is 5.48. The van der Waals surface area contributed by atoms with Crippen LogP contribution < -0.4 is 0 Å². The molecule has 5 nitrogen and oxygen atoms in total. The molecule has 1 amide bonds. The molecule has 16 heavy (non-hydrogen) atoms. The summed E-state index contributed by atoms with van der Waals surface area (Å²) in [6.45, 7) is 3.93. The largest absolute Gasteiger partial charge is 0.375 e. The van der Waals surface area contributed by atoms with Crippen LogP contribution in [0.4, 0.5) is 0 Å². The highest BCUT2D eigenvalue weighted by Gasteiger charge is 2.24. The van der Waals surface area contributed by atoms with Gasteiger partial charge in [-0.15, -0.1) is 0 Å². The second kappa shape index (κ2) is 5.03. The number of amides is 1. The third-order valence-corrected chi connectivity index (χ3v) is 2.66. The van der Waals surface area contributed by atoms with Crippen molar-refractivity contribution >= 4 is 5.91 Å². The molecule has 0 saturated carbocycles. The summed E-state index contributed by atoms with van der Waals surface area (Å²) in [6, 6.07) is 0.